The van der Waals surface area contributed by atoms with Gasteiger partial charge in [0.1, 0.15) is 0 Å². The molecule has 0 aliphatic heterocycles. The molecule has 59 heavy (non-hydrogen) atoms. The Morgan fingerprint density at radius 3 is 1.39 bits per heavy atom. The van der Waals surface area contributed by atoms with Gasteiger partial charge in [0, 0.05) is 44.3 Å². The molecule has 9 rings (SSSR count). The Morgan fingerprint density at radius 2 is 0.932 bits per heavy atom. The molecule has 0 aliphatic carbocycles. The minimum absolute atomic E-state index is 0.356. The summed E-state index contributed by atoms with van der Waals surface area (Å²) in [5, 5.41) is 21.2. The molecule has 0 radical (unpaired) electrons. The first-order valence-electron chi connectivity index (χ1n) is 18.3. The van der Waals surface area contributed by atoms with E-state index in [0.29, 0.717) is 51.2 Å². The number of benzene rings is 7. The highest BCUT2D eigenvalue weighted by molar-refractivity contribution is 6.12. The van der Waals surface area contributed by atoms with Crippen LogP contribution in [0.3, 0.4) is 0 Å². The SMILES string of the molecule is [C-]#[N+]c1cc(C#N)cc(-c2ccc3c(c2)c2cc(-c4cc(C#N)cc([N+]#[C-])c4)ccc2n3-c2ccc(-c3nc(-c4ccccc4)nc(-c4ccccc4)n3)c([N+]#[C-])c2)c1. The first-order chi connectivity index (χ1) is 29.0. The molecule has 2 heterocycles. The van der Waals surface area contributed by atoms with Crippen LogP contribution in [-0.2, 0) is 0 Å². The molecule has 0 aliphatic rings. The van der Waals surface area contributed by atoms with Crippen LogP contribution >= 0.6 is 0 Å². The van der Waals surface area contributed by atoms with Crippen LogP contribution in [0, 0.1) is 42.4 Å². The Kier molecular flexibility index (Phi) is 8.90. The van der Waals surface area contributed by atoms with Gasteiger partial charge in [-0.05, 0) is 95.1 Å². The zero-order chi connectivity index (χ0) is 40.5. The van der Waals surface area contributed by atoms with E-state index in [1.165, 1.54) is 0 Å². The highest BCUT2D eigenvalue weighted by Gasteiger charge is 2.19. The molecular formula is C50H25N9. The highest BCUT2D eigenvalue weighted by Crippen LogP contribution is 2.40. The Hall–Kier alpha value is -9.20. The van der Waals surface area contributed by atoms with E-state index in [0.717, 1.165) is 60.9 Å². The normalized spacial score (nSPS) is 10.6. The fraction of sp³-hybridized carbons (Fsp3) is 0. The Labute approximate surface area is 339 Å². The molecule has 0 spiro atoms. The summed E-state index contributed by atoms with van der Waals surface area (Å²) >= 11 is 0. The molecule has 9 nitrogen and oxygen atoms in total. The summed E-state index contributed by atoms with van der Waals surface area (Å²) in [6.07, 6.45) is 0. The van der Waals surface area contributed by atoms with Gasteiger partial charge in [-0.25, -0.2) is 29.5 Å². The quantitative estimate of drug-likeness (QED) is 0.157. The molecule has 0 saturated heterocycles. The van der Waals surface area contributed by atoms with Crippen LogP contribution in [-0.4, -0.2) is 19.5 Å². The Morgan fingerprint density at radius 1 is 0.441 bits per heavy atom. The number of nitrogens with zero attached hydrogens (tertiary/aromatic N) is 9. The largest absolute Gasteiger partial charge is 0.311 e. The maximum Gasteiger partial charge on any atom is 0.200 e. The van der Waals surface area contributed by atoms with Gasteiger partial charge in [0.15, 0.2) is 34.5 Å². The zero-order valence-corrected chi connectivity index (χ0v) is 31.0. The van der Waals surface area contributed by atoms with E-state index in [9.17, 15) is 10.5 Å². The molecule has 9 aromatic rings. The zero-order valence-electron chi connectivity index (χ0n) is 31.0. The summed E-state index contributed by atoms with van der Waals surface area (Å²) in [5.41, 5.74) is 9.66. The third-order valence-electron chi connectivity index (χ3n) is 10.1. The molecule has 7 aromatic carbocycles. The van der Waals surface area contributed by atoms with Crippen LogP contribution in [0.2, 0.25) is 0 Å². The summed E-state index contributed by atoms with van der Waals surface area (Å²) in [5.74, 6) is 1.37. The number of hydrogen-bond donors (Lipinski definition) is 0. The minimum atomic E-state index is 0.356. The van der Waals surface area contributed by atoms with Gasteiger partial charge in [-0.15, -0.1) is 0 Å². The lowest BCUT2D eigenvalue weighted by molar-refractivity contribution is 1.07. The van der Waals surface area contributed by atoms with E-state index < -0.39 is 0 Å². The van der Waals surface area contributed by atoms with Crippen LogP contribution in [0.1, 0.15) is 11.1 Å². The average molecular weight is 752 g/mol. The van der Waals surface area contributed by atoms with Crippen molar-refractivity contribution < 1.29 is 0 Å². The van der Waals surface area contributed by atoms with Crippen molar-refractivity contribution in [1.82, 2.24) is 19.5 Å². The maximum absolute atomic E-state index is 9.72. The van der Waals surface area contributed by atoms with E-state index in [1.807, 2.05) is 115 Å². The first kappa shape index (κ1) is 35.5. The summed E-state index contributed by atoms with van der Waals surface area (Å²) in [6, 6.07) is 51.6. The standard InChI is InChI=1S/C50H25N9/c1-53-39-22-31(29-51)20-37(24-39)35-14-18-46-43(26-35)44-27-36(38-21-32(30-52)23-40(25-38)54-2)15-19-47(44)59(46)41-16-17-42(45(28-41)55-3)50-57-48(33-10-6-4-7-11-33)56-49(58-50)34-12-8-5-9-13-34/h4-28H. The topological polar surface area (TPSA) is 104 Å². The van der Waals surface area contributed by atoms with E-state index in [-0.39, 0.29) is 0 Å². The van der Waals surface area contributed by atoms with Gasteiger partial charge in [-0.2, -0.15) is 10.5 Å². The van der Waals surface area contributed by atoms with Crippen LogP contribution < -0.4 is 0 Å². The number of nitriles is 2. The smallest absolute Gasteiger partial charge is 0.200 e. The summed E-state index contributed by atoms with van der Waals surface area (Å²) in [7, 11) is 0. The van der Waals surface area contributed by atoms with Gasteiger partial charge in [0.2, 0.25) is 0 Å². The molecular weight excluding hydrogens is 727 g/mol. The Balaban J connectivity index is 1.25. The van der Waals surface area contributed by atoms with E-state index in [4.69, 9.17) is 34.7 Å². The second kappa shape index (κ2) is 14.8. The molecule has 0 bridgehead atoms. The molecule has 270 valence electrons. The lowest BCUT2D eigenvalue weighted by Crippen LogP contribution is -2.01. The number of rotatable bonds is 6. The van der Waals surface area contributed by atoms with Crippen LogP contribution in [0.4, 0.5) is 17.1 Å². The third-order valence-corrected chi connectivity index (χ3v) is 10.1. The molecule has 0 amide bonds. The van der Waals surface area contributed by atoms with Crippen LogP contribution in [0.25, 0.3) is 98.4 Å². The maximum atomic E-state index is 9.72. The molecule has 0 saturated carbocycles. The minimum Gasteiger partial charge on any atom is -0.311 e. The highest BCUT2D eigenvalue weighted by atomic mass is 15.0. The fourth-order valence-corrected chi connectivity index (χ4v) is 7.34. The van der Waals surface area contributed by atoms with Crippen molar-refractivity contribution in [2.45, 2.75) is 0 Å². The predicted molar refractivity (Wildman–Crippen MR) is 230 cm³/mol. The Bertz CT molecular complexity index is 3130. The average Bonchev–Trinajstić information content (AvgIpc) is 3.64. The van der Waals surface area contributed by atoms with Crippen molar-refractivity contribution in [2.75, 3.05) is 0 Å². The fourth-order valence-electron chi connectivity index (χ4n) is 7.34. The number of hydrogen-bond acceptors (Lipinski definition) is 5. The first-order valence-corrected chi connectivity index (χ1v) is 18.3. The predicted octanol–water partition coefficient (Wildman–Crippen LogP) is 12.7. The van der Waals surface area contributed by atoms with Crippen LogP contribution in [0.5, 0.6) is 0 Å². The molecule has 0 N–H and O–H groups in total. The van der Waals surface area contributed by atoms with Crippen molar-refractivity contribution in [1.29, 1.82) is 10.5 Å². The van der Waals surface area contributed by atoms with E-state index in [1.54, 1.807) is 36.4 Å². The summed E-state index contributed by atoms with van der Waals surface area (Å²) in [4.78, 5) is 25.7. The van der Waals surface area contributed by atoms with Gasteiger partial charge in [0.25, 0.3) is 0 Å². The van der Waals surface area contributed by atoms with Gasteiger partial charge in [0.05, 0.1) is 42.9 Å². The van der Waals surface area contributed by atoms with Gasteiger partial charge < -0.3 is 4.57 Å². The van der Waals surface area contributed by atoms with Crippen molar-refractivity contribution >= 4 is 38.9 Å². The molecule has 0 fully saturated rings. The van der Waals surface area contributed by atoms with Gasteiger partial charge >= 0.3 is 0 Å². The number of fused-ring (bicyclic) bond motifs is 3. The summed E-state index contributed by atoms with van der Waals surface area (Å²) < 4.78 is 2.10. The summed E-state index contributed by atoms with van der Waals surface area (Å²) in [6.45, 7) is 23.6. The molecule has 0 unspecified atom stereocenters. The van der Waals surface area contributed by atoms with Crippen molar-refractivity contribution in [3.8, 4) is 74.2 Å². The second-order valence-electron chi connectivity index (χ2n) is 13.6. The lowest BCUT2D eigenvalue weighted by atomic mass is 9.98. The monoisotopic (exact) mass is 751 g/mol. The van der Waals surface area contributed by atoms with Crippen LogP contribution in [0.15, 0.2) is 152 Å². The van der Waals surface area contributed by atoms with E-state index in [2.05, 4.69) is 31.2 Å². The third kappa shape index (κ3) is 6.54. The lowest BCUT2D eigenvalue weighted by Gasteiger charge is -2.13. The number of aromatic nitrogens is 4. The van der Waals surface area contributed by atoms with Crippen molar-refractivity contribution in [3.05, 3.63) is 197 Å². The molecule has 9 heteroatoms. The molecule has 2 aromatic heterocycles. The second-order valence-corrected chi connectivity index (χ2v) is 13.6. The van der Waals surface area contributed by atoms with Gasteiger partial charge in [-0.1, -0.05) is 78.9 Å². The van der Waals surface area contributed by atoms with Gasteiger partial charge in [-0.3, -0.25) is 0 Å². The van der Waals surface area contributed by atoms with E-state index >= 15 is 0 Å². The van der Waals surface area contributed by atoms with Crippen molar-refractivity contribution in [2.24, 2.45) is 0 Å². The molecule has 0 atom stereocenters. The van der Waals surface area contributed by atoms with Crippen molar-refractivity contribution in [3.63, 3.8) is 0 Å².